The second-order valence-corrected chi connectivity index (χ2v) is 7.16. The molecule has 0 aliphatic carbocycles. The minimum absolute atomic E-state index is 1.03. The molecule has 0 bridgehead atoms. The summed E-state index contributed by atoms with van der Waals surface area (Å²) in [5.41, 5.74) is 4.39. The molecule has 0 unspecified atom stereocenters. The minimum Gasteiger partial charge on any atom is -0.340 e. The lowest BCUT2D eigenvalue weighted by Gasteiger charge is -2.11. The fourth-order valence-electron chi connectivity index (χ4n) is 3.49. The van der Waals surface area contributed by atoms with Crippen molar-refractivity contribution < 1.29 is 0 Å². The van der Waals surface area contributed by atoms with Crippen LogP contribution in [0.1, 0.15) is 45.1 Å². The third-order valence-corrected chi connectivity index (χ3v) is 5.59. The van der Waals surface area contributed by atoms with Gasteiger partial charge in [0.25, 0.3) is 0 Å². The lowest BCUT2D eigenvalue weighted by molar-refractivity contribution is 0.666. The van der Waals surface area contributed by atoms with E-state index in [9.17, 15) is 0 Å². The lowest BCUT2D eigenvalue weighted by Crippen LogP contribution is -1.99. The Hall–Kier alpha value is -1.03. The smallest absolute Gasteiger partial charge is 0.0534 e. The SMILES string of the molecule is CCCCCCc1c(I)ccc2c3ccccc3n(CC)c12. The number of nitrogens with zero attached hydrogens (tertiary/aromatic N) is 1. The number of benzene rings is 2. The van der Waals surface area contributed by atoms with Gasteiger partial charge in [0, 0.05) is 26.4 Å². The molecule has 0 aliphatic heterocycles. The Labute approximate surface area is 146 Å². The molecule has 0 spiro atoms. The molecule has 0 aliphatic rings. The van der Waals surface area contributed by atoms with E-state index in [1.807, 2.05) is 0 Å². The zero-order valence-corrected chi connectivity index (χ0v) is 15.7. The fraction of sp³-hybridized carbons (Fsp3) is 0.400. The molecule has 0 amide bonds. The number of hydrogen-bond acceptors (Lipinski definition) is 0. The van der Waals surface area contributed by atoms with Gasteiger partial charge in [-0.25, -0.2) is 0 Å². The normalized spacial score (nSPS) is 11.6. The van der Waals surface area contributed by atoms with Crippen LogP contribution in [0, 0.1) is 3.57 Å². The van der Waals surface area contributed by atoms with Crippen LogP contribution in [-0.2, 0) is 13.0 Å². The van der Waals surface area contributed by atoms with Crippen molar-refractivity contribution in [2.45, 2.75) is 52.5 Å². The molecule has 1 aromatic heterocycles. The molecule has 2 heteroatoms. The molecule has 116 valence electrons. The average molecular weight is 405 g/mol. The Morgan fingerprint density at radius 2 is 1.73 bits per heavy atom. The van der Waals surface area contributed by atoms with Gasteiger partial charge >= 0.3 is 0 Å². The highest BCUT2D eigenvalue weighted by Gasteiger charge is 2.14. The van der Waals surface area contributed by atoms with Crippen molar-refractivity contribution in [3.63, 3.8) is 0 Å². The first-order valence-electron chi connectivity index (χ1n) is 8.46. The van der Waals surface area contributed by atoms with Gasteiger partial charge in [0.1, 0.15) is 0 Å². The Morgan fingerprint density at radius 1 is 0.909 bits per heavy atom. The molecule has 3 rings (SSSR count). The minimum atomic E-state index is 1.03. The van der Waals surface area contributed by atoms with Gasteiger partial charge in [-0.2, -0.15) is 0 Å². The van der Waals surface area contributed by atoms with Crippen LogP contribution < -0.4 is 0 Å². The number of unbranched alkanes of at least 4 members (excludes halogenated alkanes) is 3. The van der Waals surface area contributed by atoms with Crippen LogP contribution >= 0.6 is 22.6 Å². The molecular formula is C20H24IN. The second-order valence-electron chi connectivity index (χ2n) is 5.99. The number of aromatic nitrogens is 1. The number of aryl methyl sites for hydroxylation is 2. The van der Waals surface area contributed by atoms with Gasteiger partial charge in [0.05, 0.1) is 5.52 Å². The van der Waals surface area contributed by atoms with E-state index in [-0.39, 0.29) is 0 Å². The molecule has 3 aromatic rings. The molecule has 0 radical (unpaired) electrons. The summed E-state index contributed by atoms with van der Waals surface area (Å²) in [6, 6.07) is 13.4. The second kappa shape index (κ2) is 7.03. The molecule has 1 heterocycles. The highest BCUT2D eigenvalue weighted by molar-refractivity contribution is 14.1. The number of halogens is 1. The Kier molecular flexibility index (Phi) is 5.07. The zero-order valence-electron chi connectivity index (χ0n) is 13.5. The van der Waals surface area contributed by atoms with Crippen molar-refractivity contribution in [3.8, 4) is 0 Å². The van der Waals surface area contributed by atoms with Crippen LogP contribution in [0.4, 0.5) is 0 Å². The van der Waals surface area contributed by atoms with E-state index in [4.69, 9.17) is 0 Å². The maximum absolute atomic E-state index is 2.51. The molecule has 0 fully saturated rings. The van der Waals surface area contributed by atoms with Crippen molar-refractivity contribution in [1.82, 2.24) is 4.57 Å². The van der Waals surface area contributed by atoms with Gasteiger partial charge in [0.15, 0.2) is 0 Å². The standard InChI is InChI=1S/C20H24IN/c1-3-5-6-7-11-17-18(21)14-13-16-15-10-8-9-12-19(15)22(4-2)20(16)17/h8-10,12-14H,3-7,11H2,1-2H3. The maximum Gasteiger partial charge on any atom is 0.0534 e. The summed E-state index contributed by atoms with van der Waals surface area (Å²) in [5, 5.41) is 2.81. The van der Waals surface area contributed by atoms with E-state index < -0.39 is 0 Å². The predicted octanol–water partition coefficient (Wildman–Crippen LogP) is 6.54. The topological polar surface area (TPSA) is 4.93 Å². The summed E-state index contributed by atoms with van der Waals surface area (Å²) in [6.45, 7) is 5.57. The number of rotatable bonds is 6. The largest absolute Gasteiger partial charge is 0.340 e. The van der Waals surface area contributed by atoms with Gasteiger partial charge in [0.2, 0.25) is 0 Å². The van der Waals surface area contributed by atoms with Crippen LogP contribution in [0.25, 0.3) is 21.8 Å². The van der Waals surface area contributed by atoms with Gasteiger partial charge in [-0.1, -0.05) is 50.5 Å². The third kappa shape index (κ3) is 2.78. The van der Waals surface area contributed by atoms with Crippen molar-refractivity contribution in [1.29, 1.82) is 0 Å². The summed E-state index contributed by atoms with van der Waals surface area (Å²) in [4.78, 5) is 0. The third-order valence-electron chi connectivity index (χ3n) is 4.58. The molecule has 0 saturated heterocycles. The first-order valence-corrected chi connectivity index (χ1v) is 9.54. The highest BCUT2D eigenvalue weighted by atomic mass is 127. The van der Waals surface area contributed by atoms with E-state index >= 15 is 0 Å². The predicted molar refractivity (Wildman–Crippen MR) is 106 cm³/mol. The van der Waals surface area contributed by atoms with E-state index in [0.29, 0.717) is 0 Å². The molecule has 0 saturated carbocycles. The van der Waals surface area contributed by atoms with Crippen molar-refractivity contribution in [2.24, 2.45) is 0 Å². The lowest BCUT2D eigenvalue weighted by atomic mass is 10.0. The summed E-state index contributed by atoms with van der Waals surface area (Å²) in [6.07, 6.45) is 6.50. The maximum atomic E-state index is 2.51. The summed E-state index contributed by atoms with van der Waals surface area (Å²) in [7, 11) is 0. The monoisotopic (exact) mass is 405 g/mol. The van der Waals surface area contributed by atoms with Crippen LogP contribution in [0.3, 0.4) is 0 Å². The Balaban J connectivity index is 2.15. The fourth-order valence-corrected chi connectivity index (χ4v) is 4.19. The van der Waals surface area contributed by atoms with Crippen molar-refractivity contribution in [2.75, 3.05) is 0 Å². The van der Waals surface area contributed by atoms with Gasteiger partial charge in [-0.05, 0) is 60.1 Å². The summed E-state index contributed by atoms with van der Waals surface area (Å²) >= 11 is 2.51. The van der Waals surface area contributed by atoms with Crippen LogP contribution in [0.5, 0.6) is 0 Å². The van der Waals surface area contributed by atoms with E-state index in [1.54, 1.807) is 5.56 Å². The van der Waals surface area contributed by atoms with Gasteiger partial charge < -0.3 is 4.57 Å². The molecule has 2 aromatic carbocycles. The van der Waals surface area contributed by atoms with Gasteiger partial charge in [-0.3, -0.25) is 0 Å². The van der Waals surface area contributed by atoms with Crippen LogP contribution in [0.2, 0.25) is 0 Å². The van der Waals surface area contributed by atoms with Gasteiger partial charge in [-0.15, -0.1) is 0 Å². The molecule has 22 heavy (non-hydrogen) atoms. The molecule has 0 atom stereocenters. The molecular weight excluding hydrogens is 381 g/mol. The first kappa shape index (κ1) is 15.9. The number of para-hydroxylation sites is 1. The van der Waals surface area contributed by atoms with Crippen LogP contribution in [-0.4, -0.2) is 4.57 Å². The van der Waals surface area contributed by atoms with Crippen molar-refractivity contribution >= 4 is 44.4 Å². The van der Waals surface area contributed by atoms with E-state index in [2.05, 4.69) is 77.4 Å². The Bertz CT molecular complexity index is 785. The average Bonchev–Trinajstić information content (AvgIpc) is 2.87. The molecule has 0 N–H and O–H groups in total. The first-order chi connectivity index (χ1) is 10.8. The van der Waals surface area contributed by atoms with Crippen molar-refractivity contribution in [3.05, 3.63) is 45.5 Å². The number of hydrogen-bond donors (Lipinski definition) is 0. The van der Waals surface area contributed by atoms with E-state index in [1.165, 1.54) is 57.5 Å². The van der Waals surface area contributed by atoms with E-state index in [0.717, 1.165) is 6.54 Å². The van der Waals surface area contributed by atoms with Crippen LogP contribution in [0.15, 0.2) is 36.4 Å². The summed E-state index contributed by atoms with van der Waals surface area (Å²) in [5.74, 6) is 0. The zero-order chi connectivity index (χ0) is 15.5. The Morgan fingerprint density at radius 3 is 2.50 bits per heavy atom. The molecule has 1 nitrogen and oxygen atoms in total. The highest BCUT2D eigenvalue weighted by Crippen LogP contribution is 2.34. The summed E-state index contributed by atoms with van der Waals surface area (Å²) < 4.78 is 3.92. The quantitative estimate of drug-likeness (QED) is 0.324. The number of fused-ring (bicyclic) bond motifs is 3.